The molecule has 0 bridgehead atoms. The SMILES string of the molecule is O=C(CCN1CC(CS(=O)(=O)c2ccc(F)cc2)C1)Cc1ccc(F)cc1. The third-order valence-corrected chi connectivity index (χ3v) is 6.58. The Bertz CT molecular complexity index is 890. The van der Waals surface area contributed by atoms with Crippen LogP contribution in [0.5, 0.6) is 0 Å². The molecule has 2 aromatic rings. The van der Waals surface area contributed by atoms with E-state index in [1.807, 2.05) is 4.90 Å². The lowest BCUT2D eigenvalue weighted by Crippen LogP contribution is -2.50. The number of sulfone groups is 1. The Balaban J connectivity index is 1.40. The van der Waals surface area contributed by atoms with E-state index < -0.39 is 15.7 Å². The highest BCUT2D eigenvalue weighted by Crippen LogP contribution is 2.22. The van der Waals surface area contributed by atoms with Crippen molar-refractivity contribution >= 4 is 15.6 Å². The molecule has 0 radical (unpaired) electrons. The maximum atomic E-state index is 12.9. The number of ketones is 1. The van der Waals surface area contributed by atoms with Gasteiger partial charge in [-0.2, -0.15) is 0 Å². The van der Waals surface area contributed by atoms with Gasteiger partial charge in [-0.15, -0.1) is 0 Å². The van der Waals surface area contributed by atoms with Gasteiger partial charge in [0, 0.05) is 32.5 Å². The third-order valence-electron chi connectivity index (χ3n) is 4.68. The first-order chi connectivity index (χ1) is 12.8. The van der Waals surface area contributed by atoms with Gasteiger partial charge in [0.15, 0.2) is 9.84 Å². The lowest BCUT2D eigenvalue weighted by Gasteiger charge is -2.39. The van der Waals surface area contributed by atoms with E-state index in [-0.39, 0.29) is 34.6 Å². The predicted molar refractivity (Wildman–Crippen MR) is 98.1 cm³/mol. The van der Waals surface area contributed by atoms with Crippen LogP contribution in [0.4, 0.5) is 8.78 Å². The molecule has 0 unspecified atom stereocenters. The van der Waals surface area contributed by atoms with E-state index in [1.54, 1.807) is 12.1 Å². The summed E-state index contributed by atoms with van der Waals surface area (Å²) >= 11 is 0. The van der Waals surface area contributed by atoms with Crippen molar-refractivity contribution in [2.75, 3.05) is 25.4 Å². The second-order valence-electron chi connectivity index (χ2n) is 6.95. The monoisotopic (exact) mass is 393 g/mol. The number of halogens is 2. The number of likely N-dealkylation sites (tertiary alicyclic amines) is 1. The van der Waals surface area contributed by atoms with Crippen molar-refractivity contribution in [3.8, 4) is 0 Å². The van der Waals surface area contributed by atoms with Crippen LogP contribution in [0, 0.1) is 17.6 Å². The summed E-state index contributed by atoms with van der Waals surface area (Å²) < 4.78 is 50.4. The lowest BCUT2D eigenvalue weighted by molar-refractivity contribution is -0.119. The second kappa shape index (κ2) is 8.27. The van der Waals surface area contributed by atoms with Gasteiger partial charge in [0.05, 0.1) is 10.6 Å². The van der Waals surface area contributed by atoms with Crippen molar-refractivity contribution in [1.29, 1.82) is 0 Å². The molecule has 0 N–H and O–H groups in total. The van der Waals surface area contributed by atoms with Crippen LogP contribution in [0.3, 0.4) is 0 Å². The fourth-order valence-electron chi connectivity index (χ4n) is 3.21. The van der Waals surface area contributed by atoms with E-state index >= 15 is 0 Å². The number of carbonyl (C=O) groups is 1. The molecule has 3 rings (SSSR count). The fraction of sp³-hybridized carbons (Fsp3) is 0.350. The third kappa shape index (κ3) is 5.43. The summed E-state index contributed by atoms with van der Waals surface area (Å²) in [5.41, 5.74) is 0.785. The summed E-state index contributed by atoms with van der Waals surface area (Å²) in [4.78, 5) is 14.2. The van der Waals surface area contributed by atoms with E-state index in [1.165, 1.54) is 24.3 Å². The number of hydrogen-bond acceptors (Lipinski definition) is 4. The molecule has 1 heterocycles. The van der Waals surface area contributed by atoms with Crippen LogP contribution in [-0.4, -0.2) is 44.5 Å². The van der Waals surface area contributed by atoms with Gasteiger partial charge in [0.25, 0.3) is 0 Å². The number of Topliss-reactive ketones (excluding diaryl/α,β-unsaturated/α-hetero) is 1. The maximum absolute atomic E-state index is 12.9. The molecule has 0 amide bonds. The first-order valence-corrected chi connectivity index (χ1v) is 10.4. The molecule has 1 aliphatic rings. The first kappa shape index (κ1) is 19.6. The van der Waals surface area contributed by atoms with Crippen molar-refractivity contribution < 1.29 is 22.0 Å². The molecular weight excluding hydrogens is 372 g/mol. The van der Waals surface area contributed by atoms with Crippen molar-refractivity contribution in [1.82, 2.24) is 4.90 Å². The minimum absolute atomic E-state index is 0.0206. The topological polar surface area (TPSA) is 54.5 Å². The molecule has 1 saturated heterocycles. The molecule has 4 nitrogen and oxygen atoms in total. The number of nitrogens with zero attached hydrogens (tertiary/aromatic N) is 1. The zero-order valence-electron chi connectivity index (χ0n) is 14.8. The predicted octanol–water partition coefficient (Wildman–Crippen LogP) is 2.87. The first-order valence-electron chi connectivity index (χ1n) is 8.79. The van der Waals surface area contributed by atoms with Gasteiger partial charge in [0.1, 0.15) is 17.4 Å². The molecule has 0 atom stereocenters. The van der Waals surface area contributed by atoms with Crippen LogP contribution in [-0.2, 0) is 21.1 Å². The standard InChI is InChI=1S/C20H21F2NO3S/c21-17-3-1-15(2-4-17)11-19(24)9-10-23-12-16(13-23)14-27(25,26)20-7-5-18(22)6-8-20/h1-8,16H,9-14H2. The van der Waals surface area contributed by atoms with Gasteiger partial charge >= 0.3 is 0 Å². The summed E-state index contributed by atoms with van der Waals surface area (Å²) in [6.45, 7) is 1.85. The van der Waals surface area contributed by atoms with Crippen LogP contribution in [0.2, 0.25) is 0 Å². The van der Waals surface area contributed by atoms with Gasteiger partial charge in [-0.1, -0.05) is 12.1 Å². The lowest BCUT2D eigenvalue weighted by atomic mass is 10.0. The van der Waals surface area contributed by atoms with E-state index in [4.69, 9.17) is 0 Å². The minimum Gasteiger partial charge on any atom is -0.302 e. The molecule has 0 aliphatic carbocycles. The average Bonchev–Trinajstić information content (AvgIpc) is 2.59. The minimum atomic E-state index is -3.43. The molecule has 0 saturated carbocycles. The van der Waals surface area contributed by atoms with E-state index in [2.05, 4.69) is 0 Å². The Morgan fingerprint density at radius 1 is 0.963 bits per heavy atom. The smallest absolute Gasteiger partial charge is 0.178 e. The summed E-state index contributed by atoms with van der Waals surface area (Å²) in [5, 5.41) is 0. The summed E-state index contributed by atoms with van der Waals surface area (Å²) in [6.07, 6.45) is 0.658. The molecule has 2 aromatic carbocycles. The van der Waals surface area contributed by atoms with Crippen molar-refractivity contribution in [2.45, 2.75) is 17.7 Å². The molecule has 0 spiro atoms. The van der Waals surface area contributed by atoms with Crippen LogP contribution < -0.4 is 0 Å². The Morgan fingerprint density at radius 2 is 1.52 bits per heavy atom. The van der Waals surface area contributed by atoms with Crippen molar-refractivity contribution in [3.05, 3.63) is 65.7 Å². The Kier molecular flexibility index (Phi) is 6.01. The van der Waals surface area contributed by atoms with Crippen LogP contribution in [0.1, 0.15) is 12.0 Å². The van der Waals surface area contributed by atoms with Gasteiger partial charge < -0.3 is 4.90 Å². The van der Waals surface area contributed by atoms with Crippen molar-refractivity contribution in [2.24, 2.45) is 5.92 Å². The molecular formula is C20H21F2NO3S. The number of hydrogen-bond donors (Lipinski definition) is 0. The van der Waals surface area contributed by atoms with Gasteiger partial charge in [-0.3, -0.25) is 4.79 Å². The Morgan fingerprint density at radius 3 is 2.11 bits per heavy atom. The van der Waals surface area contributed by atoms with Crippen LogP contribution in [0.25, 0.3) is 0 Å². The van der Waals surface area contributed by atoms with Gasteiger partial charge in [-0.25, -0.2) is 17.2 Å². The normalized spacial score (nSPS) is 15.5. The number of carbonyl (C=O) groups excluding carboxylic acids is 1. The number of rotatable bonds is 8. The quantitative estimate of drug-likeness (QED) is 0.647. The van der Waals surface area contributed by atoms with E-state index in [0.29, 0.717) is 26.1 Å². The highest BCUT2D eigenvalue weighted by molar-refractivity contribution is 7.91. The molecule has 7 heteroatoms. The highest BCUT2D eigenvalue weighted by atomic mass is 32.2. The second-order valence-corrected chi connectivity index (χ2v) is 8.99. The summed E-state index contributed by atoms with van der Waals surface area (Å²) in [5.74, 6) is -0.669. The number of benzene rings is 2. The van der Waals surface area contributed by atoms with E-state index in [0.717, 1.165) is 17.7 Å². The molecule has 1 aliphatic heterocycles. The van der Waals surface area contributed by atoms with E-state index in [9.17, 15) is 22.0 Å². The van der Waals surface area contributed by atoms with Crippen LogP contribution >= 0.6 is 0 Å². The van der Waals surface area contributed by atoms with Crippen LogP contribution in [0.15, 0.2) is 53.4 Å². The van der Waals surface area contributed by atoms with Crippen molar-refractivity contribution in [3.63, 3.8) is 0 Å². The summed E-state index contributed by atoms with van der Waals surface area (Å²) in [6, 6.07) is 10.7. The fourth-order valence-corrected chi connectivity index (χ4v) is 4.79. The Hall–Kier alpha value is -2.12. The van der Waals surface area contributed by atoms with Gasteiger partial charge in [-0.05, 0) is 47.9 Å². The Labute approximate surface area is 157 Å². The molecule has 1 fully saturated rings. The summed E-state index contributed by atoms with van der Waals surface area (Å²) in [7, 11) is -3.43. The molecule has 144 valence electrons. The zero-order valence-corrected chi connectivity index (χ0v) is 15.6. The zero-order chi connectivity index (χ0) is 19.4. The van der Waals surface area contributed by atoms with Gasteiger partial charge in [0.2, 0.25) is 0 Å². The highest BCUT2D eigenvalue weighted by Gasteiger charge is 2.31. The maximum Gasteiger partial charge on any atom is 0.178 e. The molecule has 0 aromatic heterocycles. The average molecular weight is 393 g/mol. The molecule has 27 heavy (non-hydrogen) atoms. The largest absolute Gasteiger partial charge is 0.302 e.